The summed E-state index contributed by atoms with van der Waals surface area (Å²) in [6.45, 7) is 9.38. The van der Waals surface area contributed by atoms with Crippen molar-refractivity contribution in [2.75, 3.05) is 26.2 Å². The second kappa shape index (κ2) is 6.35. The zero-order chi connectivity index (χ0) is 12.8. The third-order valence-electron chi connectivity index (χ3n) is 4.33. The second-order valence-corrected chi connectivity index (χ2v) is 5.60. The number of benzene rings is 1. The largest absolute Gasteiger partial charge is 0.314 e. The highest BCUT2D eigenvalue weighted by Gasteiger charge is 2.31. The first-order chi connectivity index (χ1) is 8.74. The Labute approximate surface area is 111 Å². The smallest absolute Gasteiger partial charge is 0.0303 e. The molecule has 1 aliphatic rings. The van der Waals surface area contributed by atoms with Crippen molar-refractivity contribution in [1.82, 2.24) is 10.2 Å². The predicted octanol–water partition coefficient (Wildman–Crippen LogP) is 2.69. The number of nitrogens with one attached hydrogen (secondary N) is 1. The van der Waals surface area contributed by atoms with Gasteiger partial charge in [0, 0.05) is 25.2 Å². The Bertz CT molecular complexity index is 349. The van der Waals surface area contributed by atoms with Crippen LogP contribution in [0.3, 0.4) is 0 Å². The highest BCUT2D eigenvalue weighted by molar-refractivity contribution is 5.14. The first kappa shape index (κ1) is 13.6. The van der Waals surface area contributed by atoms with Crippen molar-refractivity contribution in [3.05, 3.63) is 35.9 Å². The minimum atomic E-state index is 0.356. The van der Waals surface area contributed by atoms with Gasteiger partial charge in [0.05, 0.1) is 0 Å². The van der Waals surface area contributed by atoms with Crippen LogP contribution in [-0.2, 0) is 6.42 Å². The molecule has 1 aliphatic heterocycles. The first-order valence-electron chi connectivity index (χ1n) is 7.24. The summed E-state index contributed by atoms with van der Waals surface area (Å²) in [6.07, 6.45) is 3.69. The van der Waals surface area contributed by atoms with Gasteiger partial charge in [-0.15, -0.1) is 0 Å². The number of piperazine rings is 1. The molecular weight excluding hydrogens is 220 g/mol. The lowest BCUT2D eigenvalue weighted by Crippen LogP contribution is -2.59. The van der Waals surface area contributed by atoms with E-state index in [9.17, 15) is 0 Å². The molecule has 2 nitrogen and oxygen atoms in total. The minimum Gasteiger partial charge on any atom is -0.314 e. The van der Waals surface area contributed by atoms with E-state index in [1.165, 1.54) is 37.9 Å². The van der Waals surface area contributed by atoms with Crippen LogP contribution >= 0.6 is 0 Å². The van der Waals surface area contributed by atoms with Crippen LogP contribution in [0.2, 0.25) is 0 Å². The molecule has 0 saturated carbocycles. The molecule has 1 aromatic carbocycles. The van der Waals surface area contributed by atoms with Crippen LogP contribution in [0.1, 0.15) is 32.3 Å². The summed E-state index contributed by atoms with van der Waals surface area (Å²) in [6, 6.07) is 10.8. The SMILES string of the molecule is CCC1(C)CNCCN1CCCc1ccccc1. The number of nitrogens with zero attached hydrogens (tertiary/aromatic N) is 1. The average molecular weight is 246 g/mol. The lowest BCUT2D eigenvalue weighted by atomic mass is 9.93. The molecule has 1 saturated heterocycles. The number of aryl methyl sites for hydroxylation is 1. The molecule has 1 fully saturated rings. The molecule has 1 N–H and O–H groups in total. The maximum atomic E-state index is 3.52. The van der Waals surface area contributed by atoms with Gasteiger partial charge in [-0.05, 0) is 38.3 Å². The van der Waals surface area contributed by atoms with Crippen LogP contribution in [-0.4, -0.2) is 36.6 Å². The van der Waals surface area contributed by atoms with E-state index >= 15 is 0 Å². The predicted molar refractivity (Wildman–Crippen MR) is 77.9 cm³/mol. The Balaban J connectivity index is 1.82. The van der Waals surface area contributed by atoms with Crippen LogP contribution in [0, 0.1) is 0 Å². The van der Waals surface area contributed by atoms with E-state index < -0.39 is 0 Å². The van der Waals surface area contributed by atoms with Crippen molar-refractivity contribution in [3.8, 4) is 0 Å². The Morgan fingerprint density at radius 1 is 1.28 bits per heavy atom. The van der Waals surface area contributed by atoms with Crippen LogP contribution in [0.25, 0.3) is 0 Å². The van der Waals surface area contributed by atoms with E-state index in [1.54, 1.807) is 0 Å². The average Bonchev–Trinajstić information content (AvgIpc) is 2.42. The van der Waals surface area contributed by atoms with E-state index in [1.807, 2.05) is 0 Å². The molecule has 0 amide bonds. The molecule has 1 aromatic rings. The lowest BCUT2D eigenvalue weighted by Gasteiger charge is -2.45. The zero-order valence-corrected chi connectivity index (χ0v) is 11.8. The summed E-state index contributed by atoms with van der Waals surface area (Å²) in [7, 11) is 0. The van der Waals surface area contributed by atoms with E-state index in [-0.39, 0.29) is 0 Å². The molecule has 2 rings (SSSR count). The quantitative estimate of drug-likeness (QED) is 0.859. The topological polar surface area (TPSA) is 15.3 Å². The third kappa shape index (κ3) is 3.33. The molecule has 1 heterocycles. The monoisotopic (exact) mass is 246 g/mol. The van der Waals surface area contributed by atoms with Crippen molar-refractivity contribution in [2.45, 2.75) is 38.6 Å². The zero-order valence-electron chi connectivity index (χ0n) is 11.8. The number of hydrogen-bond acceptors (Lipinski definition) is 2. The van der Waals surface area contributed by atoms with E-state index in [0.29, 0.717) is 5.54 Å². The maximum absolute atomic E-state index is 3.52. The summed E-state index contributed by atoms with van der Waals surface area (Å²) in [5.41, 5.74) is 1.82. The van der Waals surface area contributed by atoms with Gasteiger partial charge in [0.25, 0.3) is 0 Å². The van der Waals surface area contributed by atoms with Crippen molar-refractivity contribution in [2.24, 2.45) is 0 Å². The molecule has 0 aromatic heterocycles. The molecule has 2 heteroatoms. The van der Waals surface area contributed by atoms with Gasteiger partial charge < -0.3 is 5.32 Å². The Morgan fingerprint density at radius 2 is 2.06 bits per heavy atom. The number of rotatable bonds is 5. The highest BCUT2D eigenvalue weighted by atomic mass is 15.2. The molecule has 100 valence electrons. The summed E-state index contributed by atoms with van der Waals surface area (Å²) < 4.78 is 0. The number of hydrogen-bond donors (Lipinski definition) is 1. The van der Waals surface area contributed by atoms with Gasteiger partial charge >= 0.3 is 0 Å². The van der Waals surface area contributed by atoms with Crippen molar-refractivity contribution in [1.29, 1.82) is 0 Å². The van der Waals surface area contributed by atoms with Crippen molar-refractivity contribution < 1.29 is 0 Å². The van der Waals surface area contributed by atoms with Gasteiger partial charge in [0.2, 0.25) is 0 Å². The summed E-state index contributed by atoms with van der Waals surface area (Å²) in [5.74, 6) is 0. The Hall–Kier alpha value is -0.860. The summed E-state index contributed by atoms with van der Waals surface area (Å²) in [5, 5.41) is 3.52. The molecule has 0 bridgehead atoms. The molecule has 0 spiro atoms. The first-order valence-corrected chi connectivity index (χ1v) is 7.24. The van der Waals surface area contributed by atoms with Gasteiger partial charge in [-0.25, -0.2) is 0 Å². The molecule has 0 radical (unpaired) electrons. The van der Waals surface area contributed by atoms with Gasteiger partial charge in [-0.3, -0.25) is 4.90 Å². The molecule has 1 unspecified atom stereocenters. The summed E-state index contributed by atoms with van der Waals surface area (Å²) in [4.78, 5) is 2.67. The maximum Gasteiger partial charge on any atom is 0.0303 e. The normalized spacial score (nSPS) is 25.2. The lowest BCUT2D eigenvalue weighted by molar-refractivity contribution is 0.0704. The molecular formula is C16H26N2. The fourth-order valence-corrected chi connectivity index (χ4v) is 2.80. The second-order valence-electron chi connectivity index (χ2n) is 5.60. The summed E-state index contributed by atoms with van der Waals surface area (Å²) >= 11 is 0. The van der Waals surface area contributed by atoms with Crippen LogP contribution in [0.15, 0.2) is 30.3 Å². The van der Waals surface area contributed by atoms with E-state index in [0.717, 1.165) is 13.1 Å². The fourth-order valence-electron chi connectivity index (χ4n) is 2.80. The van der Waals surface area contributed by atoms with E-state index in [4.69, 9.17) is 0 Å². The van der Waals surface area contributed by atoms with Crippen LogP contribution in [0.4, 0.5) is 0 Å². The Kier molecular flexibility index (Phi) is 4.79. The van der Waals surface area contributed by atoms with Crippen LogP contribution < -0.4 is 5.32 Å². The van der Waals surface area contributed by atoms with E-state index in [2.05, 4.69) is 54.4 Å². The van der Waals surface area contributed by atoms with Gasteiger partial charge in [-0.1, -0.05) is 37.3 Å². The van der Waals surface area contributed by atoms with Crippen molar-refractivity contribution in [3.63, 3.8) is 0 Å². The molecule has 1 atom stereocenters. The fraction of sp³-hybridized carbons (Fsp3) is 0.625. The van der Waals surface area contributed by atoms with Crippen LogP contribution in [0.5, 0.6) is 0 Å². The van der Waals surface area contributed by atoms with Gasteiger partial charge in [0.15, 0.2) is 0 Å². The van der Waals surface area contributed by atoms with Crippen molar-refractivity contribution >= 4 is 0 Å². The standard InChI is InChI=1S/C16H26N2/c1-3-16(2)14-17-11-13-18(16)12-7-10-15-8-5-4-6-9-15/h4-6,8-9,17H,3,7,10-14H2,1-2H3. The molecule has 18 heavy (non-hydrogen) atoms. The minimum absolute atomic E-state index is 0.356. The van der Waals surface area contributed by atoms with Gasteiger partial charge in [-0.2, -0.15) is 0 Å². The third-order valence-corrected chi connectivity index (χ3v) is 4.33. The van der Waals surface area contributed by atoms with Gasteiger partial charge in [0.1, 0.15) is 0 Å². The molecule has 0 aliphatic carbocycles. The highest BCUT2D eigenvalue weighted by Crippen LogP contribution is 2.21. The Morgan fingerprint density at radius 3 is 2.78 bits per heavy atom.